The van der Waals surface area contributed by atoms with Crippen LogP contribution in [0.2, 0.25) is 0 Å². The number of nitrogens with zero attached hydrogens (tertiary/aromatic N) is 2. The molecule has 98 valence electrons. The summed E-state index contributed by atoms with van der Waals surface area (Å²) >= 11 is 3.47. The molecule has 0 saturated carbocycles. The molecule has 4 nitrogen and oxygen atoms in total. The molecule has 2 aliphatic heterocycles. The van der Waals surface area contributed by atoms with E-state index in [2.05, 4.69) is 4.98 Å². The number of amides is 1. The van der Waals surface area contributed by atoms with Crippen LogP contribution in [0.1, 0.15) is 21.9 Å². The molecule has 3 heterocycles. The number of hydrogen-bond donors (Lipinski definition) is 0. The summed E-state index contributed by atoms with van der Waals surface area (Å²) in [5.74, 6) is 1.09. The molecule has 0 unspecified atom stereocenters. The lowest BCUT2D eigenvalue weighted by Crippen LogP contribution is -2.54. The highest BCUT2D eigenvalue weighted by atomic mass is 32.2. The normalized spacial score (nSPS) is 27.9. The van der Waals surface area contributed by atoms with Gasteiger partial charge in [0.15, 0.2) is 0 Å². The van der Waals surface area contributed by atoms with Gasteiger partial charge in [0.1, 0.15) is 5.69 Å². The van der Waals surface area contributed by atoms with Crippen molar-refractivity contribution in [1.82, 2.24) is 9.88 Å². The van der Waals surface area contributed by atoms with Crippen LogP contribution in [0.4, 0.5) is 0 Å². The molecular weight excluding hydrogens is 268 g/mol. The van der Waals surface area contributed by atoms with Crippen LogP contribution in [0.15, 0.2) is 5.38 Å². The smallest absolute Gasteiger partial charge is 0.273 e. The van der Waals surface area contributed by atoms with Gasteiger partial charge in [0.2, 0.25) is 0 Å². The Balaban J connectivity index is 1.79. The first-order valence-electron chi connectivity index (χ1n) is 6.18. The Labute approximate surface area is 115 Å². The average Bonchev–Trinajstić information content (AvgIpc) is 2.84. The second kappa shape index (κ2) is 5.19. The van der Waals surface area contributed by atoms with Gasteiger partial charge < -0.3 is 9.64 Å². The quantitative estimate of drug-likeness (QED) is 0.788. The first-order valence-corrected chi connectivity index (χ1v) is 8.11. The van der Waals surface area contributed by atoms with Crippen molar-refractivity contribution >= 4 is 29.0 Å². The van der Waals surface area contributed by atoms with Crippen LogP contribution in [0.5, 0.6) is 0 Å². The number of carbonyl (C=O) groups is 1. The summed E-state index contributed by atoms with van der Waals surface area (Å²) in [6, 6.07) is 0.326. The molecule has 0 aliphatic carbocycles. The summed E-state index contributed by atoms with van der Waals surface area (Å²) in [7, 11) is 0. The van der Waals surface area contributed by atoms with E-state index in [1.54, 1.807) is 0 Å². The van der Waals surface area contributed by atoms with Crippen molar-refractivity contribution in [1.29, 1.82) is 0 Å². The molecule has 6 heteroatoms. The van der Waals surface area contributed by atoms with E-state index in [-0.39, 0.29) is 5.91 Å². The second-order valence-electron chi connectivity index (χ2n) is 4.59. The van der Waals surface area contributed by atoms with Crippen LogP contribution in [-0.2, 0) is 4.74 Å². The van der Waals surface area contributed by atoms with Crippen LogP contribution in [-0.4, -0.2) is 52.6 Å². The highest BCUT2D eigenvalue weighted by molar-refractivity contribution is 8.00. The zero-order valence-electron chi connectivity index (χ0n) is 10.3. The van der Waals surface area contributed by atoms with E-state index >= 15 is 0 Å². The number of thioether (sulfide) groups is 1. The van der Waals surface area contributed by atoms with Gasteiger partial charge in [-0.25, -0.2) is 4.98 Å². The van der Waals surface area contributed by atoms with E-state index in [9.17, 15) is 4.79 Å². The van der Waals surface area contributed by atoms with Crippen LogP contribution in [0, 0.1) is 6.92 Å². The summed E-state index contributed by atoms with van der Waals surface area (Å²) < 4.78 is 5.50. The van der Waals surface area contributed by atoms with Crippen LogP contribution in [0.3, 0.4) is 0 Å². The zero-order chi connectivity index (χ0) is 12.5. The van der Waals surface area contributed by atoms with Gasteiger partial charge in [0.25, 0.3) is 5.91 Å². The van der Waals surface area contributed by atoms with Crippen molar-refractivity contribution in [2.45, 2.75) is 24.6 Å². The molecule has 2 saturated heterocycles. The molecule has 2 atom stereocenters. The van der Waals surface area contributed by atoms with Crippen molar-refractivity contribution < 1.29 is 9.53 Å². The highest BCUT2D eigenvalue weighted by Gasteiger charge is 2.37. The maximum Gasteiger partial charge on any atom is 0.273 e. The molecule has 0 radical (unpaired) electrons. The number of hydrogen-bond acceptors (Lipinski definition) is 5. The maximum atomic E-state index is 12.5. The number of carbonyl (C=O) groups excluding carboxylic acids is 1. The van der Waals surface area contributed by atoms with Crippen LogP contribution in [0.25, 0.3) is 0 Å². The van der Waals surface area contributed by atoms with Gasteiger partial charge in [-0.15, -0.1) is 11.3 Å². The van der Waals surface area contributed by atoms with Crippen LogP contribution < -0.4 is 0 Å². The monoisotopic (exact) mass is 284 g/mol. The fraction of sp³-hybridized carbons (Fsp3) is 0.667. The largest absolute Gasteiger partial charge is 0.380 e. The minimum Gasteiger partial charge on any atom is -0.380 e. The van der Waals surface area contributed by atoms with Gasteiger partial charge >= 0.3 is 0 Å². The summed E-state index contributed by atoms with van der Waals surface area (Å²) in [4.78, 5) is 18.8. The van der Waals surface area contributed by atoms with Gasteiger partial charge in [-0.3, -0.25) is 4.79 Å². The summed E-state index contributed by atoms with van der Waals surface area (Å²) in [6.45, 7) is 4.31. The second-order valence-corrected chi connectivity index (χ2v) is 7.00. The van der Waals surface area contributed by atoms with Crippen molar-refractivity contribution in [2.75, 3.05) is 25.5 Å². The first-order chi connectivity index (χ1) is 8.75. The molecule has 1 aromatic rings. The Morgan fingerprint density at radius 3 is 3.28 bits per heavy atom. The first kappa shape index (κ1) is 12.4. The SMILES string of the molecule is Cc1nc(C(=O)N2CCS[C@H]3COCC[C@@H]32)cs1. The molecule has 18 heavy (non-hydrogen) atoms. The van der Waals surface area contributed by atoms with E-state index in [1.807, 2.05) is 29.0 Å². The lowest BCUT2D eigenvalue weighted by atomic mass is 10.1. The van der Waals surface area contributed by atoms with Gasteiger partial charge in [-0.1, -0.05) is 0 Å². The Bertz CT molecular complexity index is 447. The maximum absolute atomic E-state index is 12.5. The molecule has 0 aromatic carbocycles. The number of thiazole rings is 1. The molecule has 2 aliphatic rings. The summed E-state index contributed by atoms with van der Waals surface area (Å²) in [5, 5.41) is 3.26. The lowest BCUT2D eigenvalue weighted by molar-refractivity contribution is 0.0316. The third kappa shape index (κ3) is 2.29. The standard InChI is InChI=1S/C12H16N2O2S2/c1-8-13-9(7-18-8)12(15)14-3-5-17-11-6-16-4-2-10(11)14/h7,10-11H,2-6H2,1H3/t10-,11-/m0/s1. The zero-order valence-corrected chi connectivity index (χ0v) is 11.9. The van der Waals surface area contributed by atoms with Crippen molar-refractivity contribution in [3.63, 3.8) is 0 Å². The lowest BCUT2D eigenvalue weighted by Gasteiger charge is -2.43. The summed E-state index contributed by atoms with van der Waals surface area (Å²) in [5.41, 5.74) is 0.606. The predicted octanol–water partition coefficient (Wildman–Crippen LogP) is 1.80. The van der Waals surface area contributed by atoms with Crippen molar-refractivity contribution in [2.24, 2.45) is 0 Å². The molecule has 1 amide bonds. The van der Waals surface area contributed by atoms with Gasteiger partial charge in [0, 0.05) is 35.6 Å². The van der Waals surface area contributed by atoms with Crippen molar-refractivity contribution in [3.05, 3.63) is 16.1 Å². The number of aryl methyl sites for hydroxylation is 1. The van der Waals surface area contributed by atoms with Gasteiger partial charge in [-0.05, 0) is 13.3 Å². The number of ether oxygens (including phenoxy) is 1. The predicted molar refractivity (Wildman–Crippen MR) is 73.4 cm³/mol. The van der Waals surface area contributed by atoms with E-state index in [1.165, 1.54) is 11.3 Å². The molecule has 2 fully saturated rings. The molecule has 0 spiro atoms. The third-order valence-corrected chi connectivity index (χ3v) is 5.50. The Kier molecular flexibility index (Phi) is 3.59. The number of aromatic nitrogens is 1. The van der Waals surface area contributed by atoms with Crippen LogP contribution >= 0.6 is 23.1 Å². The van der Waals surface area contributed by atoms with E-state index in [0.717, 1.165) is 36.9 Å². The van der Waals surface area contributed by atoms with E-state index < -0.39 is 0 Å². The minimum absolute atomic E-state index is 0.0940. The van der Waals surface area contributed by atoms with E-state index in [0.29, 0.717) is 17.0 Å². The Hall–Kier alpha value is -0.590. The molecule has 3 rings (SSSR count). The number of fused-ring (bicyclic) bond motifs is 1. The fourth-order valence-corrected chi connectivity index (χ4v) is 4.43. The highest BCUT2D eigenvalue weighted by Crippen LogP contribution is 2.31. The minimum atomic E-state index is 0.0940. The topological polar surface area (TPSA) is 42.4 Å². The summed E-state index contributed by atoms with van der Waals surface area (Å²) in [6.07, 6.45) is 0.951. The molecular formula is C12H16N2O2S2. The Morgan fingerprint density at radius 1 is 1.61 bits per heavy atom. The van der Waals surface area contributed by atoms with Gasteiger partial charge in [-0.2, -0.15) is 11.8 Å². The average molecular weight is 284 g/mol. The number of rotatable bonds is 1. The third-order valence-electron chi connectivity index (χ3n) is 3.43. The fourth-order valence-electron chi connectivity index (χ4n) is 2.55. The van der Waals surface area contributed by atoms with Gasteiger partial charge in [0.05, 0.1) is 11.6 Å². The molecule has 0 bridgehead atoms. The van der Waals surface area contributed by atoms with Crippen molar-refractivity contribution in [3.8, 4) is 0 Å². The molecule has 1 aromatic heterocycles. The van der Waals surface area contributed by atoms with E-state index in [4.69, 9.17) is 4.74 Å². The Morgan fingerprint density at radius 2 is 2.50 bits per heavy atom. The molecule has 0 N–H and O–H groups in total.